The molecule has 0 saturated carbocycles. The van der Waals surface area contributed by atoms with Gasteiger partial charge in [-0.1, -0.05) is 0 Å². The van der Waals surface area contributed by atoms with E-state index in [1.807, 2.05) is 43.3 Å². The number of methoxy groups -OCH3 is 1. The van der Waals surface area contributed by atoms with E-state index in [2.05, 4.69) is 30.8 Å². The average molecular weight is 496 g/mol. The van der Waals surface area contributed by atoms with Crippen LogP contribution in [-0.4, -0.2) is 41.3 Å². The summed E-state index contributed by atoms with van der Waals surface area (Å²) in [6, 6.07) is 11.5. The molecule has 0 spiro atoms. The number of furan rings is 1. The van der Waals surface area contributed by atoms with Gasteiger partial charge in [0.05, 0.1) is 13.4 Å². The zero-order valence-electron chi connectivity index (χ0n) is 15.9. The van der Waals surface area contributed by atoms with Crippen LogP contribution in [0.3, 0.4) is 0 Å². The van der Waals surface area contributed by atoms with Crippen LogP contribution in [-0.2, 0) is 13.0 Å². The SMILES string of the molecule is CCNC(=NCc1nc(-c2ccc(OC)cc2)n[nH]1)NCCc1ccco1.I. The Morgan fingerprint density at radius 2 is 2.04 bits per heavy atom. The van der Waals surface area contributed by atoms with Gasteiger partial charge >= 0.3 is 0 Å². The molecule has 0 fully saturated rings. The molecule has 0 aliphatic rings. The standard InChI is InChI=1S/C19H24N6O2.HI/c1-3-20-19(21-11-10-16-5-4-12-27-16)22-13-17-23-18(25-24-17)14-6-8-15(26-2)9-7-14;/h4-9,12H,3,10-11,13H2,1-2H3,(H2,20,21,22)(H,23,24,25);1H. The van der Waals surface area contributed by atoms with E-state index in [-0.39, 0.29) is 24.0 Å². The van der Waals surface area contributed by atoms with E-state index in [0.717, 1.165) is 42.5 Å². The molecule has 2 aromatic heterocycles. The van der Waals surface area contributed by atoms with Gasteiger partial charge in [-0.2, -0.15) is 5.10 Å². The van der Waals surface area contributed by atoms with E-state index in [1.54, 1.807) is 13.4 Å². The van der Waals surface area contributed by atoms with Gasteiger partial charge in [-0.05, 0) is 43.3 Å². The van der Waals surface area contributed by atoms with E-state index < -0.39 is 0 Å². The molecule has 0 amide bonds. The number of rotatable bonds is 8. The van der Waals surface area contributed by atoms with Crippen LogP contribution in [0.4, 0.5) is 0 Å². The summed E-state index contributed by atoms with van der Waals surface area (Å²) in [7, 11) is 1.64. The first-order valence-electron chi connectivity index (χ1n) is 8.88. The van der Waals surface area contributed by atoms with Crippen LogP contribution in [0.5, 0.6) is 5.75 Å². The molecule has 9 heteroatoms. The Morgan fingerprint density at radius 3 is 2.71 bits per heavy atom. The minimum Gasteiger partial charge on any atom is -0.497 e. The first-order chi connectivity index (χ1) is 13.3. The summed E-state index contributed by atoms with van der Waals surface area (Å²) >= 11 is 0. The van der Waals surface area contributed by atoms with Crippen molar-refractivity contribution in [2.75, 3.05) is 20.2 Å². The summed E-state index contributed by atoms with van der Waals surface area (Å²) in [4.78, 5) is 9.05. The van der Waals surface area contributed by atoms with Crippen molar-refractivity contribution < 1.29 is 9.15 Å². The molecule has 150 valence electrons. The number of aromatic amines is 1. The van der Waals surface area contributed by atoms with Crippen molar-refractivity contribution in [2.45, 2.75) is 19.9 Å². The molecule has 3 aromatic rings. The predicted octanol–water partition coefficient (Wildman–Crippen LogP) is 2.99. The second kappa shape index (κ2) is 11.3. The minimum absolute atomic E-state index is 0. The number of guanidine groups is 1. The molecule has 3 rings (SSSR count). The number of aliphatic imine (C=N–C) groups is 1. The van der Waals surface area contributed by atoms with Gasteiger partial charge in [0.2, 0.25) is 0 Å². The Kier molecular flexibility index (Phi) is 8.79. The predicted molar refractivity (Wildman–Crippen MR) is 119 cm³/mol. The second-order valence-electron chi connectivity index (χ2n) is 5.79. The molecule has 28 heavy (non-hydrogen) atoms. The molecule has 8 nitrogen and oxygen atoms in total. The van der Waals surface area contributed by atoms with Crippen LogP contribution < -0.4 is 15.4 Å². The molecule has 0 saturated heterocycles. The van der Waals surface area contributed by atoms with E-state index >= 15 is 0 Å². The smallest absolute Gasteiger partial charge is 0.191 e. The molecular formula is C19H25IN6O2. The van der Waals surface area contributed by atoms with E-state index in [1.165, 1.54) is 0 Å². The Labute approximate surface area is 181 Å². The third-order valence-electron chi connectivity index (χ3n) is 3.86. The zero-order chi connectivity index (χ0) is 18.9. The third kappa shape index (κ3) is 6.25. The number of H-pyrrole nitrogens is 1. The van der Waals surface area contributed by atoms with Gasteiger partial charge in [0, 0.05) is 25.1 Å². The van der Waals surface area contributed by atoms with E-state index in [0.29, 0.717) is 18.2 Å². The summed E-state index contributed by atoms with van der Waals surface area (Å²) in [5.74, 6) is 3.81. The number of hydrogen-bond acceptors (Lipinski definition) is 5. The Balaban J connectivity index is 0.00000280. The summed E-state index contributed by atoms with van der Waals surface area (Å²) in [5.41, 5.74) is 0.922. The lowest BCUT2D eigenvalue weighted by atomic mass is 10.2. The average Bonchev–Trinajstić information content (AvgIpc) is 3.38. The van der Waals surface area contributed by atoms with Crippen molar-refractivity contribution in [3.8, 4) is 17.1 Å². The highest BCUT2D eigenvalue weighted by molar-refractivity contribution is 14.0. The first-order valence-corrected chi connectivity index (χ1v) is 8.88. The van der Waals surface area contributed by atoms with E-state index in [4.69, 9.17) is 9.15 Å². The minimum atomic E-state index is 0. The van der Waals surface area contributed by atoms with Crippen molar-refractivity contribution in [2.24, 2.45) is 4.99 Å². The highest BCUT2D eigenvalue weighted by Gasteiger charge is 2.06. The van der Waals surface area contributed by atoms with Crippen molar-refractivity contribution in [1.82, 2.24) is 25.8 Å². The molecule has 0 radical (unpaired) electrons. The number of aromatic nitrogens is 3. The van der Waals surface area contributed by atoms with Crippen LogP contribution >= 0.6 is 24.0 Å². The number of ether oxygens (including phenoxy) is 1. The Morgan fingerprint density at radius 1 is 1.21 bits per heavy atom. The lowest BCUT2D eigenvalue weighted by Gasteiger charge is -2.10. The highest BCUT2D eigenvalue weighted by Crippen LogP contribution is 2.18. The molecule has 0 atom stereocenters. The largest absolute Gasteiger partial charge is 0.497 e. The van der Waals surface area contributed by atoms with Crippen molar-refractivity contribution in [1.29, 1.82) is 0 Å². The van der Waals surface area contributed by atoms with Gasteiger partial charge in [-0.3, -0.25) is 5.10 Å². The number of nitrogens with one attached hydrogen (secondary N) is 3. The summed E-state index contributed by atoms with van der Waals surface area (Å²) in [6.45, 7) is 3.94. The van der Waals surface area contributed by atoms with Gasteiger partial charge in [0.1, 0.15) is 23.9 Å². The monoisotopic (exact) mass is 496 g/mol. The van der Waals surface area contributed by atoms with Crippen LogP contribution in [0.15, 0.2) is 52.1 Å². The fourth-order valence-electron chi connectivity index (χ4n) is 2.49. The summed E-state index contributed by atoms with van der Waals surface area (Å²) in [6.07, 6.45) is 2.47. The molecule has 3 N–H and O–H groups in total. The summed E-state index contributed by atoms with van der Waals surface area (Å²) in [5, 5.41) is 13.7. The molecule has 2 heterocycles. The molecule has 1 aromatic carbocycles. The molecular weight excluding hydrogens is 471 g/mol. The van der Waals surface area contributed by atoms with Crippen LogP contribution in [0.2, 0.25) is 0 Å². The van der Waals surface area contributed by atoms with Crippen LogP contribution in [0.1, 0.15) is 18.5 Å². The lowest BCUT2D eigenvalue weighted by Crippen LogP contribution is -2.38. The topological polar surface area (TPSA) is 100 Å². The molecule has 0 aliphatic carbocycles. The Bertz CT molecular complexity index is 846. The third-order valence-corrected chi connectivity index (χ3v) is 3.86. The number of hydrogen-bond donors (Lipinski definition) is 3. The maximum absolute atomic E-state index is 5.33. The van der Waals surface area contributed by atoms with E-state index in [9.17, 15) is 0 Å². The summed E-state index contributed by atoms with van der Waals surface area (Å²) < 4.78 is 10.5. The van der Waals surface area contributed by atoms with Crippen molar-refractivity contribution in [3.05, 3.63) is 54.2 Å². The second-order valence-corrected chi connectivity index (χ2v) is 5.79. The number of benzene rings is 1. The van der Waals surface area contributed by atoms with Crippen molar-refractivity contribution in [3.63, 3.8) is 0 Å². The maximum atomic E-state index is 5.33. The molecule has 0 unspecified atom stereocenters. The fourth-order valence-corrected chi connectivity index (χ4v) is 2.49. The quantitative estimate of drug-likeness (QED) is 0.252. The van der Waals surface area contributed by atoms with Gasteiger partial charge in [-0.25, -0.2) is 9.98 Å². The molecule has 0 aliphatic heterocycles. The van der Waals surface area contributed by atoms with Crippen molar-refractivity contribution >= 4 is 29.9 Å². The number of nitrogens with zero attached hydrogens (tertiary/aromatic N) is 3. The van der Waals surface area contributed by atoms with Crippen LogP contribution in [0.25, 0.3) is 11.4 Å². The van der Waals surface area contributed by atoms with Gasteiger partial charge in [0.15, 0.2) is 11.8 Å². The molecule has 0 bridgehead atoms. The van der Waals surface area contributed by atoms with Gasteiger partial charge < -0.3 is 19.8 Å². The lowest BCUT2D eigenvalue weighted by molar-refractivity contribution is 0.415. The zero-order valence-corrected chi connectivity index (χ0v) is 18.3. The number of halogens is 1. The van der Waals surface area contributed by atoms with Crippen LogP contribution in [0, 0.1) is 0 Å². The maximum Gasteiger partial charge on any atom is 0.191 e. The normalized spacial score (nSPS) is 11.0. The Hall–Kier alpha value is -2.56. The van der Waals surface area contributed by atoms with Gasteiger partial charge in [-0.15, -0.1) is 24.0 Å². The first kappa shape index (κ1) is 21.7. The fraction of sp³-hybridized carbons (Fsp3) is 0.316. The van der Waals surface area contributed by atoms with Gasteiger partial charge in [0.25, 0.3) is 0 Å². The highest BCUT2D eigenvalue weighted by atomic mass is 127.